The van der Waals surface area contributed by atoms with Crippen LogP contribution in [0.5, 0.6) is 0 Å². The summed E-state index contributed by atoms with van der Waals surface area (Å²) >= 11 is 0. The second kappa shape index (κ2) is 7.07. The van der Waals surface area contributed by atoms with E-state index < -0.39 is 0 Å². The van der Waals surface area contributed by atoms with Crippen molar-refractivity contribution < 1.29 is 9.59 Å². The van der Waals surface area contributed by atoms with Crippen LogP contribution in [0.4, 0.5) is 0 Å². The van der Waals surface area contributed by atoms with Crippen LogP contribution in [0.15, 0.2) is 0 Å². The zero-order valence-corrected chi connectivity index (χ0v) is 12.7. The highest BCUT2D eigenvalue weighted by atomic mass is 16.2. The fourth-order valence-electron chi connectivity index (χ4n) is 3.07. The molecule has 5 heteroatoms. The highest BCUT2D eigenvalue weighted by Gasteiger charge is 2.29. The highest BCUT2D eigenvalue weighted by molar-refractivity contribution is 5.80. The van der Waals surface area contributed by atoms with Gasteiger partial charge >= 0.3 is 0 Å². The normalized spacial score (nSPS) is 24.9. The van der Waals surface area contributed by atoms with E-state index in [1.54, 1.807) is 0 Å². The van der Waals surface area contributed by atoms with Crippen LogP contribution in [0.3, 0.4) is 0 Å². The SMILES string of the molecule is CCCC(=O)N1CCC(NC(=O)C2CCN(C)CC2)C1. The molecule has 2 rings (SSSR count). The highest BCUT2D eigenvalue weighted by Crippen LogP contribution is 2.18. The van der Waals surface area contributed by atoms with Gasteiger partial charge in [-0.3, -0.25) is 9.59 Å². The van der Waals surface area contributed by atoms with Gasteiger partial charge in [0.15, 0.2) is 0 Å². The molecule has 0 saturated carbocycles. The average Bonchev–Trinajstić information content (AvgIpc) is 2.88. The summed E-state index contributed by atoms with van der Waals surface area (Å²) < 4.78 is 0. The first kappa shape index (κ1) is 15.3. The van der Waals surface area contributed by atoms with Gasteiger partial charge in [-0.25, -0.2) is 0 Å². The van der Waals surface area contributed by atoms with Crippen LogP contribution in [0.2, 0.25) is 0 Å². The molecule has 1 atom stereocenters. The van der Waals surface area contributed by atoms with Gasteiger partial charge in [-0.1, -0.05) is 6.92 Å². The molecule has 2 fully saturated rings. The summed E-state index contributed by atoms with van der Waals surface area (Å²) in [5.41, 5.74) is 0. The smallest absolute Gasteiger partial charge is 0.223 e. The number of hydrogen-bond donors (Lipinski definition) is 1. The molecule has 2 heterocycles. The maximum Gasteiger partial charge on any atom is 0.223 e. The minimum atomic E-state index is 0.156. The lowest BCUT2D eigenvalue weighted by atomic mass is 9.96. The fraction of sp³-hybridized carbons (Fsp3) is 0.867. The summed E-state index contributed by atoms with van der Waals surface area (Å²) in [4.78, 5) is 28.2. The molecule has 114 valence electrons. The number of likely N-dealkylation sites (tertiary alicyclic amines) is 2. The lowest BCUT2D eigenvalue weighted by molar-refractivity contribution is -0.131. The van der Waals surface area contributed by atoms with E-state index in [0.29, 0.717) is 13.0 Å². The molecule has 2 amide bonds. The minimum Gasteiger partial charge on any atom is -0.351 e. The summed E-state index contributed by atoms with van der Waals surface area (Å²) in [6, 6.07) is 0.156. The molecular formula is C15H27N3O2. The Kier molecular flexibility index (Phi) is 5.40. The Morgan fingerprint density at radius 1 is 1.15 bits per heavy atom. The van der Waals surface area contributed by atoms with Gasteiger partial charge in [0.25, 0.3) is 0 Å². The van der Waals surface area contributed by atoms with Crippen LogP contribution in [0, 0.1) is 5.92 Å². The van der Waals surface area contributed by atoms with Crippen molar-refractivity contribution in [1.29, 1.82) is 0 Å². The molecule has 0 aromatic carbocycles. The van der Waals surface area contributed by atoms with Crippen molar-refractivity contribution in [1.82, 2.24) is 15.1 Å². The predicted octanol–water partition coefficient (Wildman–Crippen LogP) is 0.845. The van der Waals surface area contributed by atoms with Gasteiger partial charge in [-0.2, -0.15) is 0 Å². The Morgan fingerprint density at radius 2 is 1.85 bits per heavy atom. The predicted molar refractivity (Wildman–Crippen MR) is 78.3 cm³/mol. The summed E-state index contributed by atoms with van der Waals surface area (Å²) in [6.07, 6.45) is 4.31. The second-order valence-electron chi connectivity index (χ2n) is 6.16. The van der Waals surface area contributed by atoms with E-state index in [4.69, 9.17) is 0 Å². The molecule has 1 N–H and O–H groups in total. The van der Waals surface area contributed by atoms with Gasteiger partial charge < -0.3 is 15.1 Å². The third-order valence-electron chi connectivity index (χ3n) is 4.44. The van der Waals surface area contributed by atoms with E-state index in [1.165, 1.54) is 0 Å². The number of piperidine rings is 1. The number of nitrogens with one attached hydrogen (secondary N) is 1. The van der Waals surface area contributed by atoms with E-state index in [-0.39, 0.29) is 23.8 Å². The van der Waals surface area contributed by atoms with Crippen molar-refractivity contribution in [2.75, 3.05) is 33.2 Å². The Balaban J connectivity index is 1.74. The number of carbonyl (C=O) groups is 2. The van der Waals surface area contributed by atoms with Gasteiger partial charge in [0.05, 0.1) is 0 Å². The van der Waals surface area contributed by atoms with E-state index in [1.807, 2.05) is 11.8 Å². The van der Waals surface area contributed by atoms with Crippen LogP contribution in [-0.2, 0) is 9.59 Å². The van der Waals surface area contributed by atoms with Gasteiger partial charge in [0.2, 0.25) is 11.8 Å². The number of carbonyl (C=O) groups excluding carboxylic acids is 2. The van der Waals surface area contributed by atoms with E-state index >= 15 is 0 Å². The Bertz CT molecular complexity index is 351. The van der Waals surface area contributed by atoms with E-state index in [0.717, 1.165) is 45.3 Å². The molecule has 0 aromatic rings. The standard InChI is InChI=1S/C15H27N3O2/c1-3-4-14(19)18-10-7-13(11-18)16-15(20)12-5-8-17(2)9-6-12/h12-13H,3-11H2,1-2H3,(H,16,20). The zero-order chi connectivity index (χ0) is 14.5. The molecule has 0 aromatic heterocycles. The first-order chi connectivity index (χ1) is 9.60. The summed E-state index contributed by atoms with van der Waals surface area (Å²) in [7, 11) is 2.10. The number of hydrogen-bond acceptors (Lipinski definition) is 3. The Labute approximate surface area is 121 Å². The number of nitrogens with zero attached hydrogens (tertiary/aromatic N) is 2. The van der Waals surface area contributed by atoms with Crippen molar-refractivity contribution >= 4 is 11.8 Å². The van der Waals surface area contributed by atoms with Crippen molar-refractivity contribution in [3.63, 3.8) is 0 Å². The summed E-state index contributed by atoms with van der Waals surface area (Å²) in [5.74, 6) is 0.572. The topological polar surface area (TPSA) is 52.7 Å². The van der Waals surface area contributed by atoms with Crippen LogP contribution in [0.1, 0.15) is 39.0 Å². The van der Waals surface area contributed by atoms with E-state index in [2.05, 4.69) is 17.3 Å². The maximum absolute atomic E-state index is 12.2. The summed E-state index contributed by atoms with van der Waals surface area (Å²) in [5, 5.41) is 3.14. The van der Waals surface area contributed by atoms with Crippen LogP contribution < -0.4 is 5.32 Å². The Morgan fingerprint density at radius 3 is 2.50 bits per heavy atom. The molecule has 5 nitrogen and oxygen atoms in total. The molecule has 1 unspecified atom stereocenters. The lowest BCUT2D eigenvalue weighted by Gasteiger charge is -2.29. The zero-order valence-electron chi connectivity index (χ0n) is 12.7. The molecule has 0 radical (unpaired) electrons. The lowest BCUT2D eigenvalue weighted by Crippen LogP contribution is -2.44. The van der Waals surface area contributed by atoms with Crippen molar-refractivity contribution in [3.8, 4) is 0 Å². The molecule has 20 heavy (non-hydrogen) atoms. The maximum atomic E-state index is 12.2. The molecule has 0 aliphatic carbocycles. The van der Waals surface area contributed by atoms with Gasteiger partial charge in [0, 0.05) is 31.5 Å². The molecule has 2 saturated heterocycles. The van der Waals surface area contributed by atoms with Gasteiger partial charge in [-0.15, -0.1) is 0 Å². The van der Waals surface area contributed by atoms with Crippen molar-refractivity contribution in [2.45, 2.75) is 45.1 Å². The van der Waals surface area contributed by atoms with Crippen molar-refractivity contribution in [2.24, 2.45) is 5.92 Å². The van der Waals surface area contributed by atoms with Gasteiger partial charge in [-0.05, 0) is 45.8 Å². The average molecular weight is 281 g/mol. The van der Waals surface area contributed by atoms with Crippen LogP contribution >= 0.6 is 0 Å². The third-order valence-corrected chi connectivity index (χ3v) is 4.44. The minimum absolute atomic E-state index is 0.156. The van der Waals surface area contributed by atoms with Gasteiger partial charge in [0.1, 0.15) is 0 Å². The van der Waals surface area contributed by atoms with Crippen LogP contribution in [0.25, 0.3) is 0 Å². The second-order valence-corrected chi connectivity index (χ2v) is 6.16. The molecule has 0 bridgehead atoms. The molecule has 2 aliphatic rings. The summed E-state index contributed by atoms with van der Waals surface area (Å²) in [6.45, 7) is 5.51. The third kappa shape index (κ3) is 3.95. The first-order valence-corrected chi connectivity index (χ1v) is 7.86. The molecule has 2 aliphatic heterocycles. The van der Waals surface area contributed by atoms with E-state index in [9.17, 15) is 9.59 Å². The largest absolute Gasteiger partial charge is 0.351 e. The first-order valence-electron chi connectivity index (χ1n) is 7.86. The number of rotatable bonds is 4. The molecule has 0 spiro atoms. The fourth-order valence-corrected chi connectivity index (χ4v) is 3.07. The molecular weight excluding hydrogens is 254 g/mol. The number of amides is 2. The monoisotopic (exact) mass is 281 g/mol. The Hall–Kier alpha value is -1.10. The van der Waals surface area contributed by atoms with Crippen molar-refractivity contribution in [3.05, 3.63) is 0 Å². The van der Waals surface area contributed by atoms with Crippen LogP contribution in [-0.4, -0.2) is 60.9 Å². The quantitative estimate of drug-likeness (QED) is 0.831.